The Balaban J connectivity index is 2.14. The molecule has 0 N–H and O–H groups in total. The average molecular weight is 176 g/mol. The molecule has 1 aromatic heterocycles. The number of anilines is 1. The van der Waals surface area contributed by atoms with Crippen LogP contribution in [0.2, 0.25) is 0 Å². The zero-order chi connectivity index (χ0) is 9.10. The molecule has 0 aliphatic carbocycles. The summed E-state index contributed by atoms with van der Waals surface area (Å²) in [5, 5.41) is 0. The Morgan fingerprint density at radius 1 is 1.23 bits per heavy atom. The summed E-state index contributed by atoms with van der Waals surface area (Å²) in [6.45, 7) is 4.47. The van der Waals surface area contributed by atoms with Gasteiger partial charge in [0, 0.05) is 30.7 Å². The van der Waals surface area contributed by atoms with Crippen molar-refractivity contribution in [1.29, 1.82) is 0 Å². The summed E-state index contributed by atoms with van der Waals surface area (Å²) in [6, 6.07) is 4.28. The molecule has 1 aliphatic heterocycles. The summed E-state index contributed by atoms with van der Waals surface area (Å²) >= 11 is 0. The van der Waals surface area contributed by atoms with Crippen molar-refractivity contribution in [2.24, 2.45) is 0 Å². The number of piperidine rings is 1. The van der Waals surface area contributed by atoms with Gasteiger partial charge in [0.2, 0.25) is 0 Å². The molecular formula is C11H16N2. The summed E-state index contributed by atoms with van der Waals surface area (Å²) in [7, 11) is 0. The van der Waals surface area contributed by atoms with E-state index in [0.717, 1.165) is 5.69 Å². The lowest BCUT2D eigenvalue weighted by molar-refractivity contribution is 0.577. The lowest BCUT2D eigenvalue weighted by Gasteiger charge is -2.28. The highest BCUT2D eigenvalue weighted by Crippen LogP contribution is 2.19. The number of aryl methyl sites for hydroxylation is 1. The highest BCUT2D eigenvalue weighted by atomic mass is 15.1. The topological polar surface area (TPSA) is 16.1 Å². The highest BCUT2D eigenvalue weighted by Gasteiger charge is 2.10. The van der Waals surface area contributed by atoms with E-state index in [4.69, 9.17) is 0 Å². The zero-order valence-corrected chi connectivity index (χ0v) is 8.16. The number of hydrogen-bond acceptors (Lipinski definition) is 2. The minimum absolute atomic E-state index is 1.11. The molecule has 0 amide bonds. The van der Waals surface area contributed by atoms with E-state index in [0.29, 0.717) is 0 Å². The lowest BCUT2D eigenvalue weighted by atomic mass is 10.1. The molecule has 0 spiro atoms. The number of pyridine rings is 1. The largest absolute Gasteiger partial charge is 0.371 e. The summed E-state index contributed by atoms with van der Waals surface area (Å²) in [6.07, 6.45) is 5.96. The van der Waals surface area contributed by atoms with Gasteiger partial charge in [0.1, 0.15) is 0 Å². The van der Waals surface area contributed by atoms with E-state index < -0.39 is 0 Å². The first-order valence-electron chi connectivity index (χ1n) is 5.04. The molecule has 0 saturated carbocycles. The number of nitrogens with zero attached hydrogens (tertiary/aromatic N) is 2. The van der Waals surface area contributed by atoms with Crippen molar-refractivity contribution in [3.63, 3.8) is 0 Å². The van der Waals surface area contributed by atoms with E-state index in [9.17, 15) is 0 Å². The number of hydrogen-bond donors (Lipinski definition) is 0. The molecule has 2 nitrogen and oxygen atoms in total. The van der Waals surface area contributed by atoms with Gasteiger partial charge in [-0.1, -0.05) is 0 Å². The Labute approximate surface area is 79.6 Å². The van der Waals surface area contributed by atoms with Gasteiger partial charge in [-0.3, -0.25) is 4.98 Å². The molecule has 0 bridgehead atoms. The van der Waals surface area contributed by atoms with Crippen molar-refractivity contribution in [2.75, 3.05) is 18.0 Å². The lowest BCUT2D eigenvalue weighted by Crippen LogP contribution is -2.29. The molecule has 0 unspecified atom stereocenters. The van der Waals surface area contributed by atoms with Crippen molar-refractivity contribution in [1.82, 2.24) is 4.98 Å². The van der Waals surface area contributed by atoms with Gasteiger partial charge in [0.05, 0.1) is 0 Å². The van der Waals surface area contributed by atoms with Crippen molar-refractivity contribution in [2.45, 2.75) is 26.2 Å². The van der Waals surface area contributed by atoms with Crippen LogP contribution in [0.25, 0.3) is 0 Å². The second kappa shape index (κ2) is 3.77. The van der Waals surface area contributed by atoms with E-state index >= 15 is 0 Å². The van der Waals surface area contributed by atoms with Crippen molar-refractivity contribution in [3.8, 4) is 0 Å². The third kappa shape index (κ3) is 2.00. The Morgan fingerprint density at radius 3 is 2.69 bits per heavy atom. The molecule has 2 heterocycles. The Hall–Kier alpha value is -1.05. The Kier molecular flexibility index (Phi) is 2.48. The van der Waals surface area contributed by atoms with Crippen LogP contribution in [0, 0.1) is 6.92 Å². The van der Waals surface area contributed by atoms with E-state index in [1.807, 2.05) is 13.1 Å². The summed E-state index contributed by atoms with van der Waals surface area (Å²) in [5.41, 5.74) is 2.45. The first-order valence-corrected chi connectivity index (χ1v) is 5.04. The molecule has 70 valence electrons. The van der Waals surface area contributed by atoms with Crippen LogP contribution in [0.3, 0.4) is 0 Å². The van der Waals surface area contributed by atoms with Crippen LogP contribution in [0.4, 0.5) is 5.69 Å². The van der Waals surface area contributed by atoms with Crippen molar-refractivity contribution < 1.29 is 0 Å². The predicted octanol–water partition coefficient (Wildman–Crippen LogP) is 2.38. The summed E-state index contributed by atoms with van der Waals surface area (Å²) < 4.78 is 0. The standard InChI is InChI=1S/C11H16N2/c1-10-9-11(5-6-12-10)13-7-3-2-4-8-13/h5-6,9H,2-4,7-8H2,1H3. The molecule has 0 atom stereocenters. The fraction of sp³-hybridized carbons (Fsp3) is 0.545. The van der Waals surface area contributed by atoms with Gasteiger partial charge in [-0.15, -0.1) is 0 Å². The third-order valence-corrected chi connectivity index (χ3v) is 2.60. The smallest absolute Gasteiger partial charge is 0.0399 e. The van der Waals surface area contributed by atoms with Crippen molar-refractivity contribution in [3.05, 3.63) is 24.0 Å². The van der Waals surface area contributed by atoms with E-state index in [-0.39, 0.29) is 0 Å². The maximum absolute atomic E-state index is 4.21. The second-order valence-corrected chi connectivity index (χ2v) is 3.70. The number of rotatable bonds is 1. The van der Waals surface area contributed by atoms with Gasteiger partial charge < -0.3 is 4.90 Å². The quantitative estimate of drug-likeness (QED) is 0.653. The number of aromatic nitrogens is 1. The van der Waals surface area contributed by atoms with Gasteiger partial charge in [0.25, 0.3) is 0 Å². The highest BCUT2D eigenvalue weighted by molar-refractivity contribution is 5.46. The van der Waals surface area contributed by atoms with Crippen LogP contribution in [0.1, 0.15) is 25.0 Å². The monoisotopic (exact) mass is 176 g/mol. The van der Waals surface area contributed by atoms with Gasteiger partial charge in [-0.2, -0.15) is 0 Å². The van der Waals surface area contributed by atoms with Gasteiger partial charge in [0.15, 0.2) is 0 Å². The fourth-order valence-corrected chi connectivity index (χ4v) is 1.88. The van der Waals surface area contributed by atoms with Crippen LogP contribution in [0.5, 0.6) is 0 Å². The fourth-order valence-electron chi connectivity index (χ4n) is 1.88. The summed E-state index contributed by atoms with van der Waals surface area (Å²) in [4.78, 5) is 6.66. The maximum Gasteiger partial charge on any atom is 0.0399 e. The van der Waals surface area contributed by atoms with Crippen LogP contribution < -0.4 is 4.90 Å². The third-order valence-electron chi connectivity index (χ3n) is 2.60. The van der Waals surface area contributed by atoms with E-state index in [2.05, 4.69) is 22.0 Å². The molecule has 1 aromatic rings. The molecule has 2 heteroatoms. The molecule has 1 fully saturated rings. The second-order valence-electron chi connectivity index (χ2n) is 3.70. The minimum atomic E-state index is 1.11. The van der Waals surface area contributed by atoms with Crippen LogP contribution in [-0.4, -0.2) is 18.1 Å². The van der Waals surface area contributed by atoms with E-state index in [1.165, 1.54) is 38.0 Å². The molecule has 13 heavy (non-hydrogen) atoms. The molecule has 0 aromatic carbocycles. The zero-order valence-electron chi connectivity index (χ0n) is 8.16. The van der Waals surface area contributed by atoms with E-state index in [1.54, 1.807) is 0 Å². The van der Waals surface area contributed by atoms with Gasteiger partial charge in [-0.05, 0) is 38.3 Å². The Bertz CT molecular complexity index is 277. The van der Waals surface area contributed by atoms with Crippen LogP contribution in [-0.2, 0) is 0 Å². The first kappa shape index (κ1) is 8.54. The molecule has 1 aliphatic rings. The Morgan fingerprint density at radius 2 is 2.00 bits per heavy atom. The predicted molar refractivity (Wildman–Crippen MR) is 55.0 cm³/mol. The SMILES string of the molecule is Cc1cc(N2CCCCC2)ccn1. The summed E-state index contributed by atoms with van der Waals surface area (Å²) in [5.74, 6) is 0. The molecule has 1 saturated heterocycles. The van der Waals surface area contributed by atoms with Gasteiger partial charge in [-0.25, -0.2) is 0 Å². The maximum atomic E-state index is 4.21. The normalized spacial score (nSPS) is 17.5. The molecule has 0 radical (unpaired) electrons. The van der Waals surface area contributed by atoms with Gasteiger partial charge >= 0.3 is 0 Å². The van der Waals surface area contributed by atoms with Crippen LogP contribution in [0.15, 0.2) is 18.3 Å². The average Bonchev–Trinajstić information content (AvgIpc) is 2.19. The molecule has 2 rings (SSSR count). The van der Waals surface area contributed by atoms with Crippen molar-refractivity contribution >= 4 is 5.69 Å². The van der Waals surface area contributed by atoms with Crippen LogP contribution >= 0.6 is 0 Å². The molecular weight excluding hydrogens is 160 g/mol. The first-order chi connectivity index (χ1) is 6.36. The minimum Gasteiger partial charge on any atom is -0.371 e.